The Kier molecular flexibility index (Phi) is 5.56. The minimum absolute atomic E-state index is 0.0664. The molecule has 0 radical (unpaired) electrons. The molecule has 0 spiro atoms. The van der Waals surface area contributed by atoms with E-state index in [1.165, 1.54) is 0 Å². The molecule has 31 heavy (non-hydrogen) atoms. The molecule has 0 aromatic carbocycles. The van der Waals surface area contributed by atoms with E-state index in [-0.39, 0.29) is 5.56 Å². The third-order valence-electron chi connectivity index (χ3n) is 5.74. The van der Waals surface area contributed by atoms with Crippen molar-refractivity contribution in [3.05, 3.63) is 83.3 Å². The largest absolute Gasteiger partial charge is 0.307 e. The Hall–Kier alpha value is -3.36. The number of imidazole rings is 1. The van der Waals surface area contributed by atoms with Crippen LogP contribution in [0.25, 0.3) is 16.9 Å². The Morgan fingerprint density at radius 2 is 1.68 bits per heavy atom. The van der Waals surface area contributed by atoms with Gasteiger partial charge in [-0.2, -0.15) is 5.10 Å². The zero-order valence-corrected chi connectivity index (χ0v) is 17.3. The van der Waals surface area contributed by atoms with Crippen LogP contribution >= 0.6 is 0 Å². The predicted octanol–water partition coefficient (Wildman–Crippen LogP) is 1.77. The number of piperazine rings is 1. The van der Waals surface area contributed by atoms with Crippen LogP contribution in [-0.4, -0.2) is 66.7 Å². The molecule has 5 rings (SSSR count). The Morgan fingerprint density at radius 1 is 0.871 bits per heavy atom. The summed E-state index contributed by atoms with van der Waals surface area (Å²) in [5.41, 5.74) is 3.78. The number of rotatable bonds is 6. The van der Waals surface area contributed by atoms with E-state index in [0.29, 0.717) is 6.54 Å². The van der Waals surface area contributed by atoms with Crippen LogP contribution in [0.4, 0.5) is 0 Å². The van der Waals surface area contributed by atoms with Crippen LogP contribution in [0.1, 0.15) is 5.69 Å². The maximum Gasteiger partial charge on any atom is 0.266 e. The van der Waals surface area contributed by atoms with Gasteiger partial charge in [0.1, 0.15) is 5.65 Å². The van der Waals surface area contributed by atoms with E-state index < -0.39 is 0 Å². The van der Waals surface area contributed by atoms with Crippen LogP contribution in [0.15, 0.2) is 72.0 Å². The fourth-order valence-corrected chi connectivity index (χ4v) is 3.99. The van der Waals surface area contributed by atoms with Crippen molar-refractivity contribution in [2.75, 3.05) is 32.7 Å². The molecule has 0 saturated carbocycles. The first-order valence-corrected chi connectivity index (χ1v) is 10.6. The van der Waals surface area contributed by atoms with Gasteiger partial charge in [0.15, 0.2) is 0 Å². The molecule has 5 heterocycles. The standard InChI is InChI=1S/C23H25N7O/c31-23-5-4-21(19-6-8-24-9-7-19)26-30(23)16-15-27-11-13-28(14-12-27)17-20-18-29-10-2-1-3-22(29)25-20/h1-10,18H,11-17H2. The molecule has 4 aromatic heterocycles. The topological polar surface area (TPSA) is 71.6 Å². The van der Waals surface area contributed by atoms with Crippen molar-refractivity contribution in [1.82, 2.24) is 33.9 Å². The lowest BCUT2D eigenvalue weighted by atomic mass is 10.2. The molecule has 0 aliphatic carbocycles. The third kappa shape index (κ3) is 4.55. The molecule has 8 nitrogen and oxygen atoms in total. The highest BCUT2D eigenvalue weighted by Gasteiger charge is 2.18. The van der Waals surface area contributed by atoms with E-state index in [1.54, 1.807) is 29.2 Å². The van der Waals surface area contributed by atoms with E-state index in [0.717, 1.165) is 61.9 Å². The summed E-state index contributed by atoms with van der Waals surface area (Å²) < 4.78 is 3.63. The molecule has 158 valence electrons. The molecule has 1 fully saturated rings. The summed E-state index contributed by atoms with van der Waals surface area (Å²) >= 11 is 0. The number of aromatic nitrogens is 5. The summed E-state index contributed by atoms with van der Waals surface area (Å²) in [4.78, 5) is 25.8. The van der Waals surface area contributed by atoms with E-state index in [2.05, 4.69) is 30.5 Å². The number of nitrogens with zero attached hydrogens (tertiary/aromatic N) is 7. The zero-order valence-electron chi connectivity index (χ0n) is 17.3. The quantitative estimate of drug-likeness (QED) is 0.478. The number of hydrogen-bond acceptors (Lipinski definition) is 6. The normalized spacial score (nSPS) is 15.5. The summed E-state index contributed by atoms with van der Waals surface area (Å²) in [6.07, 6.45) is 7.61. The number of fused-ring (bicyclic) bond motifs is 1. The first-order chi connectivity index (χ1) is 15.2. The van der Waals surface area contributed by atoms with Gasteiger partial charge >= 0.3 is 0 Å². The fourth-order valence-electron chi connectivity index (χ4n) is 3.99. The maximum atomic E-state index is 12.3. The number of hydrogen-bond donors (Lipinski definition) is 0. The first kappa shape index (κ1) is 19.6. The van der Waals surface area contributed by atoms with Gasteiger partial charge in [-0.15, -0.1) is 0 Å². The van der Waals surface area contributed by atoms with Crippen molar-refractivity contribution in [3.63, 3.8) is 0 Å². The van der Waals surface area contributed by atoms with Gasteiger partial charge < -0.3 is 4.40 Å². The summed E-state index contributed by atoms with van der Waals surface area (Å²) in [5.74, 6) is 0. The van der Waals surface area contributed by atoms with Gasteiger partial charge in [0.05, 0.1) is 17.9 Å². The molecule has 1 aliphatic heterocycles. The summed E-state index contributed by atoms with van der Waals surface area (Å²) in [5, 5.41) is 4.55. The van der Waals surface area contributed by atoms with Gasteiger partial charge in [0.25, 0.3) is 5.56 Å². The van der Waals surface area contributed by atoms with Gasteiger partial charge in [-0.25, -0.2) is 9.67 Å². The van der Waals surface area contributed by atoms with Gasteiger partial charge in [-0.1, -0.05) is 6.07 Å². The third-order valence-corrected chi connectivity index (χ3v) is 5.74. The second-order valence-electron chi connectivity index (χ2n) is 7.83. The summed E-state index contributed by atoms with van der Waals surface area (Å²) in [6.45, 7) is 6.21. The molecule has 0 bridgehead atoms. The molecular formula is C23H25N7O. The monoisotopic (exact) mass is 415 g/mol. The highest BCUT2D eigenvalue weighted by Crippen LogP contribution is 2.13. The minimum Gasteiger partial charge on any atom is -0.307 e. The highest BCUT2D eigenvalue weighted by atomic mass is 16.1. The van der Waals surface area contributed by atoms with Crippen LogP contribution in [0.5, 0.6) is 0 Å². The van der Waals surface area contributed by atoms with Crippen LogP contribution in [-0.2, 0) is 13.1 Å². The van der Waals surface area contributed by atoms with Crippen molar-refractivity contribution in [2.45, 2.75) is 13.1 Å². The summed E-state index contributed by atoms with van der Waals surface area (Å²) in [7, 11) is 0. The molecule has 1 saturated heterocycles. The lowest BCUT2D eigenvalue weighted by Crippen LogP contribution is -2.47. The van der Waals surface area contributed by atoms with Crippen molar-refractivity contribution < 1.29 is 0 Å². The lowest BCUT2D eigenvalue weighted by molar-refractivity contribution is 0.122. The van der Waals surface area contributed by atoms with Crippen molar-refractivity contribution in [2.24, 2.45) is 0 Å². The second-order valence-corrected chi connectivity index (χ2v) is 7.83. The highest BCUT2D eigenvalue weighted by molar-refractivity contribution is 5.56. The first-order valence-electron chi connectivity index (χ1n) is 10.6. The second kappa shape index (κ2) is 8.79. The van der Waals surface area contributed by atoms with Crippen LogP contribution in [0.2, 0.25) is 0 Å². The fraction of sp³-hybridized carbons (Fsp3) is 0.304. The SMILES string of the molecule is O=c1ccc(-c2ccncc2)nn1CCN1CCN(Cc2cn3ccccc3n2)CC1. The van der Waals surface area contributed by atoms with Gasteiger partial charge in [-0.05, 0) is 30.3 Å². The van der Waals surface area contributed by atoms with Crippen LogP contribution in [0, 0.1) is 0 Å². The van der Waals surface area contributed by atoms with Gasteiger partial charge in [-0.3, -0.25) is 19.6 Å². The Labute approximate surface area is 180 Å². The summed E-state index contributed by atoms with van der Waals surface area (Å²) in [6, 6.07) is 13.2. The minimum atomic E-state index is -0.0664. The van der Waals surface area contributed by atoms with Crippen molar-refractivity contribution in [3.8, 4) is 11.3 Å². The average molecular weight is 416 g/mol. The van der Waals surface area contributed by atoms with Crippen LogP contribution < -0.4 is 5.56 Å². The Morgan fingerprint density at radius 3 is 2.48 bits per heavy atom. The molecule has 0 atom stereocenters. The average Bonchev–Trinajstić information content (AvgIpc) is 3.22. The molecule has 8 heteroatoms. The maximum absolute atomic E-state index is 12.3. The molecule has 0 N–H and O–H groups in total. The molecular weight excluding hydrogens is 390 g/mol. The van der Waals surface area contributed by atoms with Crippen molar-refractivity contribution in [1.29, 1.82) is 0 Å². The van der Waals surface area contributed by atoms with Gasteiger partial charge in [0, 0.05) is 75.7 Å². The Bertz CT molecular complexity index is 1180. The van der Waals surface area contributed by atoms with E-state index in [4.69, 9.17) is 4.98 Å². The molecule has 1 aliphatic rings. The number of pyridine rings is 2. The smallest absolute Gasteiger partial charge is 0.266 e. The van der Waals surface area contributed by atoms with E-state index in [1.807, 2.05) is 36.5 Å². The predicted molar refractivity (Wildman–Crippen MR) is 119 cm³/mol. The molecule has 4 aromatic rings. The van der Waals surface area contributed by atoms with E-state index in [9.17, 15) is 4.79 Å². The van der Waals surface area contributed by atoms with Gasteiger partial charge in [0.2, 0.25) is 0 Å². The van der Waals surface area contributed by atoms with Crippen LogP contribution in [0.3, 0.4) is 0 Å². The molecule has 0 unspecified atom stereocenters. The van der Waals surface area contributed by atoms with E-state index >= 15 is 0 Å². The lowest BCUT2D eigenvalue weighted by Gasteiger charge is -2.34. The zero-order chi connectivity index (χ0) is 21.0. The molecule has 0 amide bonds. The Balaban J connectivity index is 1.15. The van der Waals surface area contributed by atoms with Crippen molar-refractivity contribution >= 4 is 5.65 Å².